The first-order chi connectivity index (χ1) is 15.2. The van der Waals surface area contributed by atoms with Gasteiger partial charge in [-0.25, -0.2) is 10.1 Å². The maximum absolute atomic E-state index is 12.7. The number of benzene rings is 1. The van der Waals surface area contributed by atoms with E-state index in [1.807, 2.05) is 48.7 Å². The molecular weight excluding hydrogens is 420 g/mol. The number of hydrogen-bond acceptors (Lipinski definition) is 10. The van der Waals surface area contributed by atoms with E-state index in [9.17, 15) is 4.79 Å². The minimum absolute atomic E-state index is 0.0269. The fourth-order valence-electron chi connectivity index (χ4n) is 2.64. The van der Waals surface area contributed by atoms with E-state index in [4.69, 9.17) is 10.5 Å². The largest absolute Gasteiger partial charge is 0.494 e. The highest BCUT2D eigenvalue weighted by Gasteiger charge is 2.25. The smallest absolute Gasteiger partial charge is 0.294 e. The molecule has 31 heavy (non-hydrogen) atoms. The molecule has 0 saturated heterocycles. The molecular formula is C19H18N8O3S. The maximum atomic E-state index is 12.7. The molecule has 0 aliphatic carbocycles. The average Bonchev–Trinajstić information content (AvgIpc) is 3.53. The minimum Gasteiger partial charge on any atom is -0.494 e. The van der Waals surface area contributed by atoms with E-state index in [-0.39, 0.29) is 17.3 Å². The molecule has 1 aromatic carbocycles. The number of nitrogens with zero attached hydrogens (tertiary/aromatic N) is 6. The van der Waals surface area contributed by atoms with Crippen LogP contribution >= 0.6 is 11.3 Å². The van der Waals surface area contributed by atoms with Crippen molar-refractivity contribution in [1.29, 1.82) is 0 Å². The van der Waals surface area contributed by atoms with Crippen molar-refractivity contribution in [3.63, 3.8) is 0 Å². The van der Waals surface area contributed by atoms with Crippen LogP contribution in [0.5, 0.6) is 5.75 Å². The first-order valence-corrected chi connectivity index (χ1v) is 10.2. The molecule has 1 amide bonds. The summed E-state index contributed by atoms with van der Waals surface area (Å²) in [7, 11) is 0. The SMILES string of the molecule is CCCOc1ccc(/C=N\NC(=O)c2nnn(-c3nonc3N)c2-c2cccs2)cc1. The van der Waals surface area contributed by atoms with E-state index in [0.717, 1.165) is 22.6 Å². The van der Waals surface area contributed by atoms with Gasteiger partial charge in [0.25, 0.3) is 5.91 Å². The highest BCUT2D eigenvalue weighted by molar-refractivity contribution is 7.13. The number of nitrogens with two attached hydrogens (primary N) is 1. The van der Waals surface area contributed by atoms with Crippen LogP contribution < -0.4 is 15.9 Å². The fourth-order valence-corrected chi connectivity index (χ4v) is 3.40. The van der Waals surface area contributed by atoms with Crippen LogP contribution in [0.2, 0.25) is 0 Å². The lowest BCUT2D eigenvalue weighted by Crippen LogP contribution is -2.19. The van der Waals surface area contributed by atoms with Crippen molar-refractivity contribution >= 4 is 29.3 Å². The number of nitrogens with one attached hydrogen (secondary N) is 1. The zero-order valence-corrected chi connectivity index (χ0v) is 17.2. The predicted molar refractivity (Wildman–Crippen MR) is 114 cm³/mol. The van der Waals surface area contributed by atoms with Crippen molar-refractivity contribution < 1.29 is 14.2 Å². The summed E-state index contributed by atoms with van der Waals surface area (Å²) < 4.78 is 11.5. The van der Waals surface area contributed by atoms with Crippen molar-refractivity contribution in [2.75, 3.05) is 12.3 Å². The molecule has 0 bridgehead atoms. The third-order valence-electron chi connectivity index (χ3n) is 4.07. The monoisotopic (exact) mass is 438 g/mol. The van der Waals surface area contributed by atoms with Gasteiger partial charge in [0.15, 0.2) is 5.69 Å². The topological polar surface area (TPSA) is 146 Å². The molecule has 0 aliphatic rings. The van der Waals surface area contributed by atoms with E-state index in [2.05, 4.69) is 35.8 Å². The number of hydrazone groups is 1. The molecule has 158 valence electrons. The van der Waals surface area contributed by atoms with Gasteiger partial charge in [-0.15, -0.1) is 16.4 Å². The van der Waals surface area contributed by atoms with Crippen LogP contribution in [-0.2, 0) is 0 Å². The standard InChI is InChI=1S/C19H18N8O3S/c1-2-9-29-13-7-5-12(6-8-13)11-21-23-19(28)15-16(14-4-3-10-31-14)27(26-22-15)18-17(20)24-30-25-18/h3-8,10-11H,2,9H2,1H3,(H2,20,24)(H,23,28)/b21-11-. The van der Waals surface area contributed by atoms with Gasteiger partial charge >= 0.3 is 0 Å². The van der Waals surface area contributed by atoms with Crippen molar-refractivity contribution in [3.05, 3.63) is 53.0 Å². The summed E-state index contributed by atoms with van der Waals surface area (Å²) in [5.41, 5.74) is 9.51. The lowest BCUT2D eigenvalue weighted by molar-refractivity contribution is 0.0951. The van der Waals surface area contributed by atoms with Crippen LogP contribution in [0.25, 0.3) is 16.4 Å². The van der Waals surface area contributed by atoms with Gasteiger partial charge in [-0.1, -0.05) is 18.2 Å². The molecule has 3 aromatic heterocycles. The second-order valence-electron chi connectivity index (χ2n) is 6.27. The minimum atomic E-state index is -0.538. The number of aromatic nitrogens is 5. The Bertz CT molecular complexity index is 1180. The van der Waals surface area contributed by atoms with Gasteiger partial charge in [0.2, 0.25) is 11.6 Å². The lowest BCUT2D eigenvalue weighted by Gasteiger charge is -2.04. The zero-order chi connectivity index (χ0) is 21.6. The maximum Gasteiger partial charge on any atom is 0.294 e. The van der Waals surface area contributed by atoms with Crippen molar-refractivity contribution in [2.45, 2.75) is 13.3 Å². The second-order valence-corrected chi connectivity index (χ2v) is 7.21. The zero-order valence-electron chi connectivity index (χ0n) is 16.4. The molecule has 0 unspecified atom stereocenters. The number of thiophene rings is 1. The van der Waals surface area contributed by atoms with E-state index < -0.39 is 5.91 Å². The first-order valence-electron chi connectivity index (χ1n) is 9.31. The Morgan fingerprint density at radius 3 is 2.84 bits per heavy atom. The summed E-state index contributed by atoms with van der Waals surface area (Å²) in [6.07, 6.45) is 2.46. The number of amides is 1. The molecule has 4 rings (SSSR count). The summed E-state index contributed by atoms with van der Waals surface area (Å²) in [6.45, 7) is 2.70. The van der Waals surface area contributed by atoms with Crippen LogP contribution in [-0.4, -0.2) is 44.0 Å². The van der Waals surface area contributed by atoms with E-state index in [1.165, 1.54) is 22.2 Å². The molecule has 12 heteroatoms. The van der Waals surface area contributed by atoms with Crippen LogP contribution in [0, 0.1) is 0 Å². The third-order valence-corrected chi connectivity index (χ3v) is 4.95. The predicted octanol–water partition coefficient (Wildman–Crippen LogP) is 2.51. The molecule has 11 nitrogen and oxygen atoms in total. The first kappa shape index (κ1) is 20.2. The van der Waals surface area contributed by atoms with Gasteiger partial charge in [-0.3, -0.25) is 4.79 Å². The van der Waals surface area contributed by atoms with Gasteiger partial charge in [-0.2, -0.15) is 9.78 Å². The fraction of sp³-hybridized carbons (Fsp3) is 0.158. The molecule has 0 radical (unpaired) electrons. The number of anilines is 1. The summed E-state index contributed by atoms with van der Waals surface area (Å²) in [5, 5.41) is 21.2. The highest BCUT2D eigenvalue weighted by Crippen LogP contribution is 2.29. The van der Waals surface area contributed by atoms with Crippen LogP contribution in [0.3, 0.4) is 0 Å². The van der Waals surface area contributed by atoms with Gasteiger partial charge < -0.3 is 10.5 Å². The Morgan fingerprint density at radius 1 is 1.32 bits per heavy atom. The molecule has 0 saturated carbocycles. The van der Waals surface area contributed by atoms with Gasteiger partial charge in [0.05, 0.1) is 17.7 Å². The third kappa shape index (κ3) is 4.43. The Labute approximate surface area is 180 Å². The lowest BCUT2D eigenvalue weighted by atomic mass is 10.2. The van der Waals surface area contributed by atoms with Crippen LogP contribution in [0.4, 0.5) is 5.82 Å². The summed E-state index contributed by atoms with van der Waals surface area (Å²) in [5.74, 6) is 0.411. The molecule has 0 aliphatic heterocycles. The molecule has 3 N–H and O–H groups in total. The molecule has 0 fully saturated rings. The Kier molecular flexibility index (Phi) is 5.98. The summed E-state index contributed by atoms with van der Waals surface area (Å²) in [6, 6.07) is 11.0. The van der Waals surface area contributed by atoms with Crippen molar-refractivity contribution in [3.8, 4) is 22.1 Å². The number of carbonyl (C=O) groups is 1. The van der Waals surface area contributed by atoms with E-state index >= 15 is 0 Å². The molecule has 0 atom stereocenters. The number of nitrogen functional groups attached to an aromatic ring is 1. The van der Waals surface area contributed by atoms with Gasteiger partial charge in [0.1, 0.15) is 11.4 Å². The van der Waals surface area contributed by atoms with Crippen LogP contribution in [0.1, 0.15) is 29.4 Å². The summed E-state index contributed by atoms with van der Waals surface area (Å²) >= 11 is 1.41. The Hall–Kier alpha value is -4.06. The summed E-state index contributed by atoms with van der Waals surface area (Å²) in [4.78, 5) is 13.5. The average molecular weight is 438 g/mol. The Balaban J connectivity index is 1.53. The number of hydrogen-bond donors (Lipinski definition) is 2. The van der Waals surface area contributed by atoms with Gasteiger partial charge in [0, 0.05) is 0 Å². The number of rotatable bonds is 8. The number of ether oxygens (including phenoxy) is 1. The van der Waals surface area contributed by atoms with Crippen LogP contribution in [0.15, 0.2) is 51.5 Å². The molecule has 0 spiro atoms. The van der Waals surface area contributed by atoms with E-state index in [0.29, 0.717) is 12.3 Å². The normalized spacial score (nSPS) is 11.1. The van der Waals surface area contributed by atoms with Crippen molar-refractivity contribution in [2.24, 2.45) is 5.10 Å². The quantitative estimate of drug-likeness (QED) is 0.315. The Morgan fingerprint density at radius 2 is 2.16 bits per heavy atom. The van der Waals surface area contributed by atoms with Gasteiger partial charge in [-0.05, 0) is 58.0 Å². The number of carbonyl (C=O) groups excluding carboxylic acids is 1. The molecule has 4 aromatic rings. The highest BCUT2D eigenvalue weighted by atomic mass is 32.1. The van der Waals surface area contributed by atoms with Crippen molar-refractivity contribution in [1.82, 2.24) is 30.7 Å². The molecule has 3 heterocycles. The second kappa shape index (κ2) is 9.17. The van der Waals surface area contributed by atoms with E-state index in [1.54, 1.807) is 0 Å².